The number of hydrazine groups is 1. The summed E-state index contributed by atoms with van der Waals surface area (Å²) < 4.78 is 0. The summed E-state index contributed by atoms with van der Waals surface area (Å²) in [7, 11) is 2.01. The van der Waals surface area contributed by atoms with E-state index in [-0.39, 0.29) is 24.0 Å². The highest BCUT2D eigenvalue weighted by Gasteiger charge is 2.51. The van der Waals surface area contributed by atoms with Gasteiger partial charge in [0, 0.05) is 32.2 Å². The summed E-state index contributed by atoms with van der Waals surface area (Å²) >= 11 is 0. The molecule has 2 fully saturated rings. The Labute approximate surface area is 90.8 Å². The van der Waals surface area contributed by atoms with E-state index in [1.807, 2.05) is 19.0 Å². The summed E-state index contributed by atoms with van der Waals surface area (Å²) in [5.74, 6) is 0.379. The van der Waals surface area contributed by atoms with E-state index in [2.05, 4.69) is 5.01 Å². The second-order valence-corrected chi connectivity index (χ2v) is 5.04. The van der Waals surface area contributed by atoms with Gasteiger partial charge in [0.1, 0.15) is 0 Å². The normalized spacial score (nSPS) is 27.1. The molecular weight excluding hydrogens is 192 g/mol. The van der Waals surface area contributed by atoms with Gasteiger partial charge in [-0.3, -0.25) is 9.80 Å². The maximum absolute atomic E-state index is 11.8. The van der Waals surface area contributed by atoms with Gasteiger partial charge in [-0.15, -0.1) is 0 Å². The fraction of sp³-hybridized carbons (Fsp3) is 0.909. The number of hydrogen-bond donors (Lipinski definition) is 1. The quantitative estimate of drug-likeness (QED) is 0.745. The number of rotatable bonds is 3. The number of aliphatic hydroxyl groups excluding tert-OH is 1. The zero-order valence-corrected chi connectivity index (χ0v) is 9.57. The van der Waals surface area contributed by atoms with Crippen LogP contribution in [0.25, 0.3) is 0 Å². The van der Waals surface area contributed by atoms with Gasteiger partial charge < -0.3 is 5.11 Å². The van der Waals surface area contributed by atoms with Crippen LogP contribution in [0.15, 0.2) is 0 Å². The van der Waals surface area contributed by atoms with Crippen molar-refractivity contribution >= 4 is 5.91 Å². The molecule has 4 nitrogen and oxygen atoms in total. The Morgan fingerprint density at radius 2 is 2.20 bits per heavy atom. The molecule has 2 rings (SSSR count). The first-order valence-corrected chi connectivity index (χ1v) is 5.74. The van der Waals surface area contributed by atoms with E-state index in [1.54, 1.807) is 0 Å². The molecule has 1 atom stereocenters. The van der Waals surface area contributed by atoms with Crippen LogP contribution in [0.5, 0.6) is 0 Å². The molecule has 4 heteroatoms. The van der Waals surface area contributed by atoms with Crippen molar-refractivity contribution in [3.05, 3.63) is 0 Å². The third-order valence-corrected chi connectivity index (χ3v) is 3.90. The minimum atomic E-state index is 0.131. The highest BCUT2D eigenvalue weighted by atomic mass is 16.3. The molecule has 0 aromatic heterocycles. The van der Waals surface area contributed by atoms with Gasteiger partial charge in [-0.05, 0) is 25.2 Å². The zero-order chi connectivity index (χ0) is 11.1. The van der Waals surface area contributed by atoms with Crippen LogP contribution in [0.3, 0.4) is 0 Å². The third kappa shape index (κ3) is 1.66. The molecule has 1 heterocycles. The van der Waals surface area contributed by atoms with Crippen LogP contribution in [-0.4, -0.2) is 46.8 Å². The zero-order valence-electron chi connectivity index (χ0n) is 9.57. The average molecular weight is 212 g/mol. The Morgan fingerprint density at radius 3 is 2.60 bits per heavy atom. The van der Waals surface area contributed by atoms with Gasteiger partial charge in [-0.2, -0.15) is 0 Å². The number of aliphatic hydroxyl groups is 1. The van der Waals surface area contributed by atoms with Gasteiger partial charge in [-0.1, -0.05) is 6.92 Å². The van der Waals surface area contributed by atoms with Crippen molar-refractivity contribution in [2.24, 2.45) is 5.92 Å². The van der Waals surface area contributed by atoms with Crippen LogP contribution in [0.1, 0.15) is 32.6 Å². The predicted octanol–water partition coefficient (Wildman–Crippen LogP) is 0.617. The van der Waals surface area contributed by atoms with Crippen LogP contribution in [0, 0.1) is 5.92 Å². The van der Waals surface area contributed by atoms with Crippen LogP contribution in [0.4, 0.5) is 0 Å². The Kier molecular flexibility index (Phi) is 2.73. The standard InChI is InChI=1S/C11H20N2O2/c1-9(8-14)7-13-10(15)6-11(12(13)2)4-3-5-11/h9,14H,3-8H2,1-2H3. The predicted molar refractivity (Wildman–Crippen MR) is 56.9 cm³/mol. The molecule has 1 spiro atoms. The largest absolute Gasteiger partial charge is 0.396 e. The van der Waals surface area contributed by atoms with Crippen molar-refractivity contribution in [2.45, 2.75) is 38.1 Å². The molecule has 1 aliphatic heterocycles. The van der Waals surface area contributed by atoms with Gasteiger partial charge >= 0.3 is 0 Å². The first-order chi connectivity index (χ1) is 7.09. The Balaban J connectivity index is 2.03. The van der Waals surface area contributed by atoms with E-state index >= 15 is 0 Å². The molecule has 0 bridgehead atoms. The van der Waals surface area contributed by atoms with E-state index in [9.17, 15) is 4.79 Å². The highest BCUT2D eigenvalue weighted by Crippen LogP contribution is 2.45. The van der Waals surface area contributed by atoms with Crippen molar-refractivity contribution in [3.63, 3.8) is 0 Å². The number of nitrogens with zero attached hydrogens (tertiary/aromatic N) is 2. The molecule has 1 saturated carbocycles. The van der Waals surface area contributed by atoms with Crippen LogP contribution < -0.4 is 0 Å². The summed E-state index contributed by atoms with van der Waals surface area (Å²) in [5.41, 5.74) is 0.131. The molecular formula is C11H20N2O2. The molecule has 1 saturated heterocycles. The van der Waals surface area contributed by atoms with Crippen LogP contribution in [-0.2, 0) is 4.79 Å². The fourth-order valence-corrected chi connectivity index (χ4v) is 2.57. The second kappa shape index (κ2) is 3.76. The molecule has 15 heavy (non-hydrogen) atoms. The Bertz CT molecular complexity index is 263. The maximum atomic E-state index is 11.8. The summed E-state index contributed by atoms with van der Waals surface area (Å²) in [6, 6.07) is 0. The van der Waals surface area contributed by atoms with Crippen molar-refractivity contribution in [1.82, 2.24) is 10.0 Å². The fourth-order valence-electron chi connectivity index (χ4n) is 2.57. The number of carbonyl (C=O) groups is 1. The van der Waals surface area contributed by atoms with Gasteiger partial charge in [0.2, 0.25) is 5.91 Å². The van der Waals surface area contributed by atoms with Gasteiger partial charge in [0.15, 0.2) is 0 Å². The molecule has 0 radical (unpaired) electrons. The lowest BCUT2D eigenvalue weighted by molar-refractivity contribution is -0.142. The van der Waals surface area contributed by atoms with Crippen molar-refractivity contribution in [3.8, 4) is 0 Å². The second-order valence-electron chi connectivity index (χ2n) is 5.04. The lowest BCUT2D eigenvalue weighted by atomic mass is 9.75. The van der Waals surface area contributed by atoms with E-state index < -0.39 is 0 Å². The van der Waals surface area contributed by atoms with Crippen molar-refractivity contribution < 1.29 is 9.90 Å². The van der Waals surface area contributed by atoms with Crippen LogP contribution in [0.2, 0.25) is 0 Å². The van der Waals surface area contributed by atoms with Gasteiger partial charge in [-0.25, -0.2) is 5.01 Å². The summed E-state index contributed by atoms with van der Waals surface area (Å²) in [4.78, 5) is 11.8. The topological polar surface area (TPSA) is 43.8 Å². The molecule has 1 amide bonds. The maximum Gasteiger partial charge on any atom is 0.238 e. The monoisotopic (exact) mass is 212 g/mol. The lowest BCUT2D eigenvalue weighted by Gasteiger charge is -2.45. The highest BCUT2D eigenvalue weighted by molar-refractivity contribution is 5.79. The van der Waals surface area contributed by atoms with E-state index in [0.717, 1.165) is 12.8 Å². The number of carbonyl (C=O) groups excluding carboxylic acids is 1. The van der Waals surface area contributed by atoms with Crippen molar-refractivity contribution in [2.75, 3.05) is 20.2 Å². The van der Waals surface area contributed by atoms with E-state index in [1.165, 1.54) is 6.42 Å². The first-order valence-electron chi connectivity index (χ1n) is 5.74. The molecule has 1 unspecified atom stereocenters. The van der Waals surface area contributed by atoms with Gasteiger partial charge in [0.25, 0.3) is 0 Å². The van der Waals surface area contributed by atoms with Crippen LogP contribution >= 0.6 is 0 Å². The average Bonchev–Trinajstić information content (AvgIpc) is 2.41. The molecule has 0 aromatic rings. The first kappa shape index (κ1) is 10.9. The van der Waals surface area contributed by atoms with Crippen molar-refractivity contribution in [1.29, 1.82) is 0 Å². The minimum Gasteiger partial charge on any atom is -0.396 e. The number of amides is 1. The number of hydrogen-bond acceptors (Lipinski definition) is 3. The third-order valence-electron chi connectivity index (χ3n) is 3.90. The van der Waals surface area contributed by atoms with E-state index in [4.69, 9.17) is 5.11 Å². The Morgan fingerprint density at radius 1 is 1.53 bits per heavy atom. The molecule has 0 aromatic carbocycles. The summed E-state index contributed by atoms with van der Waals surface area (Å²) in [6.45, 7) is 2.76. The summed E-state index contributed by atoms with van der Waals surface area (Å²) in [6.07, 6.45) is 4.18. The SMILES string of the molecule is CC(CO)CN1C(=O)CC2(CCC2)N1C. The molecule has 1 N–H and O–H groups in total. The molecule has 86 valence electrons. The van der Waals surface area contributed by atoms with E-state index in [0.29, 0.717) is 13.0 Å². The smallest absolute Gasteiger partial charge is 0.238 e. The molecule has 2 aliphatic rings. The molecule has 1 aliphatic carbocycles. The Hall–Kier alpha value is -0.610. The minimum absolute atomic E-state index is 0.131. The lowest BCUT2D eigenvalue weighted by Crippen LogP contribution is -2.52. The van der Waals surface area contributed by atoms with Gasteiger partial charge in [0.05, 0.1) is 0 Å². The summed E-state index contributed by atoms with van der Waals surface area (Å²) in [5, 5.41) is 12.9.